The smallest absolute Gasteiger partial charge is 0.254 e. The Bertz CT molecular complexity index is 562. The molecule has 0 amide bonds. The van der Waals surface area contributed by atoms with Gasteiger partial charge in [-0.15, -0.1) is 0 Å². The second kappa shape index (κ2) is 5.15. The van der Waals surface area contributed by atoms with Crippen LogP contribution in [-0.2, 0) is 0 Å². The molecule has 3 rings (SSSR count). The van der Waals surface area contributed by atoms with Gasteiger partial charge >= 0.3 is 0 Å². The fourth-order valence-corrected chi connectivity index (χ4v) is 2.93. The molecule has 2 aromatic heterocycles. The molecule has 5 heteroatoms. The normalized spacial score (nSPS) is 24.3. The minimum atomic E-state index is 0.525. The van der Waals surface area contributed by atoms with E-state index in [0.29, 0.717) is 17.7 Å². The fourth-order valence-electron chi connectivity index (χ4n) is 2.93. The van der Waals surface area contributed by atoms with Crippen molar-refractivity contribution in [3.8, 4) is 0 Å². The lowest BCUT2D eigenvalue weighted by Crippen LogP contribution is -2.27. The Balaban J connectivity index is 1.89. The zero-order valence-corrected chi connectivity index (χ0v) is 11.6. The monoisotopic (exact) mass is 259 g/mol. The lowest BCUT2D eigenvalue weighted by molar-refractivity contribution is 0.454. The molecule has 0 spiro atoms. The number of hydrogen-bond acceptors (Lipinski definition) is 4. The van der Waals surface area contributed by atoms with Crippen molar-refractivity contribution in [3.05, 3.63) is 18.1 Å². The van der Waals surface area contributed by atoms with Crippen LogP contribution in [0, 0.1) is 12.8 Å². The quantitative estimate of drug-likeness (QED) is 0.843. The highest BCUT2D eigenvalue weighted by Gasteiger charge is 2.20. The summed E-state index contributed by atoms with van der Waals surface area (Å²) < 4.78 is 1.80. The molecule has 1 aliphatic rings. The lowest BCUT2D eigenvalue weighted by Gasteiger charge is -2.24. The summed E-state index contributed by atoms with van der Waals surface area (Å²) in [6.45, 7) is 4.34. The second-order valence-electron chi connectivity index (χ2n) is 5.62. The Labute approximate surface area is 113 Å². The Kier molecular flexibility index (Phi) is 3.36. The molecule has 2 unspecified atom stereocenters. The predicted octanol–water partition coefficient (Wildman–Crippen LogP) is 2.81. The highest BCUT2D eigenvalue weighted by Crippen LogP contribution is 2.26. The maximum Gasteiger partial charge on any atom is 0.254 e. The Morgan fingerprint density at radius 2 is 2.11 bits per heavy atom. The van der Waals surface area contributed by atoms with Gasteiger partial charge in [0.1, 0.15) is 12.1 Å². The highest BCUT2D eigenvalue weighted by molar-refractivity contribution is 5.45. The predicted molar refractivity (Wildman–Crippen MR) is 75.2 cm³/mol. The van der Waals surface area contributed by atoms with Crippen LogP contribution in [-0.4, -0.2) is 25.6 Å². The molecule has 1 fully saturated rings. The topological polar surface area (TPSA) is 55.1 Å². The molecule has 5 nitrogen and oxygen atoms in total. The number of hydrogen-bond donors (Lipinski definition) is 1. The number of aryl methyl sites for hydroxylation is 1. The third-order valence-corrected chi connectivity index (χ3v) is 4.07. The van der Waals surface area contributed by atoms with E-state index in [0.717, 1.165) is 11.5 Å². The van der Waals surface area contributed by atoms with Crippen molar-refractivity contribution in [3.63, 3.8) is 0 Å². The van der Waals surface area contributed by atoms with Crippen molar-refractivity contribution in [2.75, 3.05) is 5.32 Å². The van der Waals surface area contributed by atoms with Crippen molar-refractivity contribution >= 4 is 11.6 Å². The van der Waals surface area contributed by atoms with E-state index in [1.807, 2.05) is 6.92 Å². The summed E-state index contributed by atoms with van der Waals surface area (Å²) in [5, 5.41) is 7.92. The first kappa shape index (κ1) is 12.4. The summed E-state index contributed by atoms with van der Waals surface area (Å²) in [5.74, 6) is 2.39. The largest absolute Gasteiger partial charge is 0.367 e. The van der Waals surface area contributed by atoms with E-state index in [-0.39, 0.29) is 0 Å². The van der Waals surface area contributed by atoms with Gasteiger partial charge in [-0.1, -0.05) is 26.2 Å². The molecule has 2 atom stereocenters. The minimum Gasteiger partial charge on any atom is -0.367 e. The molecule has 1 N–H and O–H groups in total. The SMILES string of the molecule is Cc1cc(NC2CCCCCC2C)n2ncnc2n1. The van der Waals surface area contributed by atoms with Gasteiger partial charge in [0, 0.05) is 17.8 Å². The molecule has 19 heavy (non-hydrogen) atoms. The van der Waals surface area contributed by atoms with Crippen LogP contribution in [0.5, 0.6) is 0 Å². The summed E-state index contributed by atoms with van der Waals surface area (Å²) >= 11 is 0. The molecule has 0 aromatic carbocycles. The van der Waals surface area contributed by atoms with Crippen LogP contribution < -0.4 is 5.32 Å². The number of aromatic nitrogens is 4. The Morgan fingerprint density at radius 1 is 1.26 bits per heavy atom. The number of nitrogens with one attached hydrogen (secondary N) is 1. The van der Waals surface area contributed by atoms with Gasteiger partial charge in [0.15, 0.2) is 0 Å². The molecular formula is C14H21N5. The molecule has 2 aromatic rings. The number of nitrogens with zero attached hydrogens (tertiary/aromatic N) is 4. The van der Waals surface area contributed by atoms with Crippen molar-refractivity contribution in [1.29, 1.82) is 0 Å². The van der Waals surface area contributed by atoms with E-state index in [1.165, 1.54) is 32.1 Å². The molecule has 0 radical (unpaired) electrons. The van der Waals surface area contributed by atoms with Gasteiger partial charge in [-0.25, -0.2) is 4.98 Å². The third-order valence-electron chi connectivity index (χ3n) is 4.07. The van der Waals surface area contributed by atoms with Crippen molar-refractivity contribution < 1.29 is 0 Å². The van der Waals surface area contributed by atoms with E-state index in [9.17, 15) is 0 Å². The highest BCUT2D eigenvalue weighted by atomic mass is 15.4. The number of rotatable bonds is 2. The minimum absolute atomic E-state index is 0.525. The van der Waals surface area contributed by atoms with Crippen LogP contribution in [0.1, 0.15) is 44.7 Å². The molecule has 0 saturated heterocycles. The number of fused-ring (bicyclic) bond motifs is 1. The van der Waals surface area contributed by atoms with Gasteiger partial charge in [-0.3, -0.25) is 0 Å². The summed E-state index contributed by atoms with van der Waals surface area (Å²) in [7, 11) is 0. The third kappa shape index (κ3) is 2.55. The van der Waals surface area contributed by atoms with Gasteiger partial charge in [0.25, 0.3) is 5.78 Å². The first-order valence-electron chi connectivity index (χ1n) is 7.18. The number of anilines is 1. The zero-order valence-electron chi connectivity index (χ0n) is 11.6. The maximum absolute atomic E-state index is 4.38. The van der Waals surface area contributed by atoms with Crippen molar-refractivity contribution in [2.24, 2.45) is 5.92 Å². The Morgan fingerprint density at radius 3 is 3.00 bits per heavy atom. The van der Waals surface area contributed by atoms with Gasteiger partial charge in [0.05, 0.1) is 0 Å². The van der Waals surface area contributed by atoms with Gasteiger partial charge in [-0.2, -0.15) is 14.6 Å². The molecular weight excluding hydrogens is 238 g/mol. The average Bonchev–Trinajstić information content (AvgIpc) is 2.75. The van der Waals surface area contributed by atoms with Gasteiger partial charge < -0.3 is 5.32 Å². The van der Waals surface area contributed by atoms with Crippen LogP contribution in [0.2, 0.25) is 0 Å². The second-order valence-corrected chi connectivity index (χ2v) is 5.62. The van der Waals surface area contributed by atoms with E-state index in [4.69, 9.17) is 0 Å². The van der Waals surface area contributed by atoms with Crippen molar-refractivity contribution in [1.82, 2.24) is 19.6 Å². The molecule has 1 aliphatic carbocycles. The molecule has 0 aliphatic heterocycles. The first-order chi connectivity index (χ1) is 9.24. The maximum atomic E-state index is 4.38. The van der Waals surface area contributed by atoms with Crippen LogP contribution in [0.4, 0.5) is 5.82 Å². The van der Waals surface area contributed by atoms with Crippen LogP contribution in [0.15, 0.2) is 12.4 Å². The molecule has 2 heterocycles. The van der Waals surface area contributed by atoms with E-state index < -0.39 is 0 Å². The summed E-state index contributed by atoms with van der Waals surface area (Å²) in [4.78, 5) is 8.55. The zero-order chi connectivity index (χ0) is 13.2. The molecule has 0 bridgehead atoms. The fraction of sp³-hybridized carbons (Fsp3) is 0.643. The van der Waals surface area contributed by atoms with Gasteiger partial charge in [0.2, 0.25) is 0 Å². The summed E-state index contributed by atoms with van der Waals surface area (Å²) in [6, 6.07) is 2.58. The van der Waals surface area contributed by atoms with Gasteiger partial charge in [-0.05, 0) is 25.7 Å². The van der Waals surface area contributed by atoms with Crippen LogP contribution in [0.3, 0.4) is 0 Å². The van der Waals surface area contributed by atoms with Crippen LogP contribution in [0.25, 0.3) is 5.78 Å². The summed E-state index contributed by atoms with van der Waals surface area (Å²) in [5.41, 5.74) is 0.976. The van der Waals surface area contributed by atoms with E-state index in [2.05, 4.69) is 33.4 Å². The average molecular weight is 259 g/mol. The first-order valence-corrected chi connectivity index (χ1v) is 7.18. The van der Waals surface area contributed by atoms with E-state index >= 15 is 0 Å². The standard InChI is InChI=1S/C14H21N5/c1-10-6-4-3-5-7-12(10)18-13-8-11(2)17-14-15-9-16-19(13)14/h8-10,12,18H,3-7H2,1-2H3. The van der Waals surface area contributed by atoms with Crippen molar-refractivity contribution in [2.45, 2.75) is 52.0 Å². The molecule has 102 valence electrons. The summed E-state index contributed by atoms with van der Waals surface area (Å²) in [6.07, 6.45) is 8.13. The van der Waals surface area contributed by atoms with Crippen LogP contribution >= 0.6 is 0 Å². The van der Waals surface area contributed by atoms with E-state index in [1.54, 1.807) is 10.8 Å². The molecule has 1 saturated carbocycles. The Hall–Kier alpha value is -1.65. The lowest BCUT2D eigenvalue weighted by atomic mass is 9.97.